The number of aliphatic hydroxyl groups is 2. The molecule has 0 radical (unpaired) electrons. The number of fused-ring (bicyclic) bond motifs is 11. The fourth-order valence-electron chi connectivity index (χ4n) is 7.30. The number of Topliss-reactive ketones (excluding diaryl/α,β-unsaturated/α-hetero) is 1. The van der Waals surface area contributed by atoms with Crippen molar-refractivity contribution in [2.75, 3.05) is 13.7 Å². The number of hydrogen-bond acceptors (Lipinski definition) is 23. The van der Waals surface area contributed by atoms with Crippen LogP contribution in [0.15, 0.2) is 63.1 Å². The normalized spacial score (nSPS) is 18.0. The van der Waals surface area contributed by atoms with Crippen LogP contribution in [0, 0.1) is 0 Å². The van der Waals surface area contributed by atoms with E-state index in [2.05, 4.69) is 56.8 Å². The van der Waals surface area contributed by atoms with Gasteiger partial charge in [0.05, 0.1) is 40.6 Å². The van der Waals surface area contributed by atoms with Crippen molar-refractivity contribution in [2.24, 2.45) is 0 Å². The predicted molar refractivity (Wildman–Crippen MR) is 296 cm³/mol. The Morgan fingerprint density at radius 3 is 2.04 bits per heavy atom. The van der Waals surface area contributed by atoms with Gasteiger partial charge in [0.15, 0.2) is 0 Å². The van der Waals surface area contributed by atoms with Crippen molar-refractivity contribution in [3.8, 4) is 42.5 Å². The van der Waals surface area contributed by atoms with Crippen LogP contribution in [-0.2, 0) is 19.1 Å². The number of amides is 6. The molecule has 0 aromatic carbocycles. The van der Waals surface area contributed by atoms with Crippen LogP contribution < -0.4 is 31.9 Å². The lowest BCUT2D eigenvalue weighted by Crippen LogP contribution is -2.52. The van der Waals surface area contributed by atoms with Gasteiger partial charge in [-0.3, -0.25) is 33.6 Å². The minimum absolute atomic E-state index is 0.000422. The SMILES string of the molecule is C/C=C1\NC(=O)C(C(C)O)NC(=O)c2csc(n2)-c2ccc(-c3ncc(-c4nc(C(=O)N/C(=C/C)C(=O)NCC(C)=O)cs4)s3)nc2-c2csc(n2)C(C(C)OC)NC(=O)c2csc(n2)C(C(C)(C)O)NC(=O)c2csc1n2. The van der Waals surface area contributed by atoms with Crippen molar-refractivity contribution in [3.05, 3.63) is 101 Å². The van der Waals surface area contributed by atoms with Crippen molar-refractivity contribution in [1.82, 2.24) is 66.8 Å². The molecule has 78 heavy (non-hydrogen) atoms. The van der Waals surface area contributed by atoms with Crippen LogP contribution >= 0.6 is 68.0 Å². The highest BCUT2D eigenvalue weighted by Gasteiger charge is 2.36. The van der Waals surface area contributed by atoms with Crippen LogP contribution in [0.3, 0.4) is 0 Å². The summed E-state index contributed by atoms with van der Waals surface area (Å²) >= 11 is 6.86. The minimum atomic E-state index is -1.58. The zero-order valence-corrected chi connectivity index (χ0v) is 47.5. The van der Waals surface area contributed by atoms with Gasteiger partial charge < -0.3 is 46.9 Å². The third-order valence-electron chi connectivity index (χ3n) is 11.5. The number of nitrogens with zero attached hydrogens (tertiary/aromatic N) is 7. The molecule has 7 aromatic heterocycles. The number of aliphatic hydroxyl groups excluding tert-OH is 1. The van der Waals surface area contributed by atoms with Gasteiger partial charge in [0.25, 0.3) is 29.5 Å². The summed E-state index contributed by atoms with van der Waals surface area (Å²) in [7, 11) is 1.49. The molecule has 0 aliphatic carbocycles. The molecular weight excluding hydrogens is 1120 g/mol. The van der Waals surface area contributed by atoms with Crippen LogP contribution in [0.2, 0.25) is 0 Å². The Labute approximate surface area is 468 Å². The third kappa shape index (κ3) is 12.9. The summed E-state index contributed by atoms with van der Waals surface area (Å²) in [6.07, 6.45) is 2.53. The molecule has 8 heterocycles. The van der Waals surface area contributed by atoms with Gasteiger partial charge in [-0.05, 0) is 60.6 Å². The number of carbonyl (C=O) groups excluding carboxylic acids is 7. The first kappa shape index (κ1) is 57.0. The van der Waals surface area contributed by atoms with Gasteiger partial charge in [-0.1, -0.05) is 12.2 Å². The van der Waals surface area contributed by atoms with Gasteiger partial charge in [-0.15, -0.1) is 68.0 Å². The lowest BCUT2D eigenvalue weighted by molar-refractivity contribution is -0.124. The second kappa shape index (κ2) is 24.2. The Hall–Kier alpha value is -7.22. The van der Waals surface area contributed by atoms with E-state index in [9.17, 15) is 43.8 Å². The first-order chi connectivity index (χ1) is 37.1. The predicted octanol–water partition coefficient (Wildman–Crippen LogP) is 5.55. The quantitative estimate of drug-likeness (QED) is 0.0737. The van der Waals surface area contributed by atoms with Gasteiger partial charge in [0.1, 0.15) is 93.8 Å². The smallest absolute Gasteiger partial charge is 0.275 e. The highest BCUT2D eigenvalue weighted by Crippen LogP contribution is 2.39. The number of methoxy groups -OCH3 is 1. The molecule has 5 unspecified atom stereocenters. The molecule has 0 saturated heterocycles. The van der Waals surface area contributed by atoms with E-state index in [1.165, 1.54) is 96.4 Å². The summed E-state index contributed by atoms with van der Waals surface area (Å²) in [5, 5.41) is 48.1. The van der Waals surface area contributed by atoms with Crippen LogP contribution in [0.25, 0.3) is 48.2 Å². The lowest BCUT2D eigenvalue weighted by atomic mass is 9.99. The van der Waals surface area contributed by atoms with E-state index in [-0.39, 0.29) is 56.5 Å². The standard InChI is InChI=1S/C49H49N13O10S6/c1-9-24(37(65)50-13-20(3)63)53-38(66)28-18-75-46(58-28)32-14-51-44(78-32)26-12-11-23-35(52-26)27-15-76-47(55-27)34(22(5)72-8)61-40(68)30-19-77-48(59-30)36(49(6,7)71)62-41(69)31-17-74-45(57-31)25(10-2)54-42(70)33(21(4)64)60-39(67)29-16-73-43(23)56-29/h9-12,14-19,21-22,33-34,36,64,71H,13H2,1-8H3,(H,50,65)(H,53,66)(H,54,70)(H,60,67)(H,61,68)(H,62,69)/b24-9+,25-10-. The van der Waals surface area contributed by atoms with Crippen LogP contribution in [-0.4, -0.2) is 124 Å². The molecular formula is C49H49N13O10S6. The Balaban J connectivity index is 1.16. The van der Waals surface area contributed by atoms with E-state index in [1.807, 2.05) is 0 Å². The van der Waals surface area contributed by atoms with Crippen molar-refractivity contribution < 1.29 is 48.5 Å². The zero-order valence-electron chi connectivity index (χ0n) is 42.6. The van der Waals surface area contributed by atoms with E-state index in [0.717, 1.165) is 34.0 Å². The average Bonchev–Trinajstić information content (AvgIpc) is 4.29. The highest BCUT2D eigenvalue weighted by molar-refractivity contribution is 7.22. The topological polar surface area (TPSA) is 332 Å². The van der Waals surface area contributed by atoms with Crippen molar-refractivity contribution >= 4 is 115 Å². The van der Waals surface area contributed by atoms with Gasteiger partial charge in [0, 0.05) is 45.8 Å². The minimum Gasteiger partial charge on any atom is -0.391 e. The summed E-state index contributed by atoms with van der Waals surface area (Å²) in [5.41, 5.74) is 0.0396. The summed E-state index contributed by atoms with van der Waals surface area (Å²) < 4.78 is 5.75. The largest absolute Gasteiger partial charge is 0.391 e. The first-order valence-corrected chi connectivity index (χ1v) is 28.7. The fourth-order valence-corrected chi connectivity index (χ4v) is 12.7. The Kier molecular flexibility index (Phi) is 17.7. The Morgan fingerprint density at radius 2 is 1.37 bits per heavy atom. The molecule has 8 N–H and O–H groups in total. The van der Waals surface area contributed by atoms with Crippen LogP contribution in [0.4, 0.5) is 0 Å². The summed E-state index contributed by atoms with van der Waals surface area (Å²) in [6, 6.07) is 0.0561. The van der Waals surface area contributed by atoms with E-state index in [1.54, 1.807) is 50.6 Å². The molecule has 29 heteroatoms. The maximum atomic E-state index is 14.1. The number of nitrogens with one attached hydrogen (secondary N) is 6. The molecule has 0 fully saturated rings. The number of thiazole rings is 6. The van der Waals surface area contributed by atoms with Gasteiger partial charge in [-0.2, -0.15) is 0 Å². The average molecular weight is 1170 g/mol. The molecule has 0 spiro atoms. The molecule has 6 amide bonds. The number of rotatable bonds is 11. The van der Waals surface area contributed by atoms with E-state index < -0.39 is 71.4 Å². The molecule has 5 atom stereocenters. The van der Waals surface area contributed by atoms with Crippen molar-refractivity contribution in [1.29, 1.82) is 0 Å². The Morgan fingerprint density at radius 1 is 0.756 bits per heavy atom. The summed E-state index contributed by atoms with van der Waals surface area (Å²) in [4.78, 5) is 126. The molecule has 1 aliphatic heterocycles. The number of ketones is 1. The zero-order chi connectivity index (χ0) is 56.2. The second-order valence-electron chi connectivity index (χ2n) is 17.8. The molecule has 406 valence electrons. The van der Waals surface area contributed by atoms with E-state index in [0.29, 0.717) is 47.6 Å². The van der Waals surface area contributed by atoms with Gasteiger partial charge in [0.2, 0.25) is 5.91 Å². The Bertz CT molecular complexity index is 3510. The third-order valence-corrected chi connectivity index (χ3v) is 17.1. The highest BCUT2D eigenvalue weighted by atomic mass is 32.1. The molecule has 7 aromatic rings. The number of aromatic nitrogens is 7. The maximum Gasteiger partial charge on any atom is 0.275 e. The molecule has 1 aliphatic rings. The number of carbonyl (C=O) groups is 7. The van der Waals surface area contributed by atoms with Gasteiger partial charge in [-0.25, -0.2) is 34.9 Å². The van der Waals surface area contributed by atoms with Crippen LogP contribution in [0.5, 0.6) is 0 Å². The summed E-state index contributed by atoms with van der Waals surface area (Å²) in [6.45, 7) is 10.4. The molecule has 0 saturated carbocycles. The number of hydrogen-bond donors (Lipinski definition) is 8. The van der Waals surface area contributed by atoms with E-state index in [4.69, 9.17) is 14.7 Å². The monoisotopic (exact) mass is 1170 g/mol. The number of allylic oxidation sites excluding steroid dienone is 2. The second-order valence-corrected chi connectivity index (χ2v) is 23.1. The van der Waals surface area contributed by atoms with Crippen LogP contribution in [0.1, 0.15) is 118 Å². The molecule has 23 nitrogen and oxygen atoms in total. The molecule has 8 rings (SSSR count). The number of ether oxygens (including phenoxy) is 1. The van der Waals surface area contributed by atoms with Crippen molar-refractivity contribution in [3.63, 3.8) is 0 Å². The van der Waals surface area contributed by atoms with E-state index >= 15 is 0 Å². The first-order valence-electron chi connectivity index (χ1n) is 23.5. The van der Waals surface area contributed by atoms with Gasteiger partial charge >= 0.3 is 0 Å². The summed E-state index contributed by atoms with van der Waals surface area (Å²) in [5.74, 6) is -4.33. The lowest BCUT2D eigenvalue weighted by Gasteiger charge is -2.28. The van der Waals surface area contributed by atoms with Crippen molar-refractivity contribution in [2.45, 2.75) is 84.4 Å². The maximum absolute atomic E-state index is 14.1. The fraction of sp³-hybridized carbons (Fsp3) is 0.306. The number of pyridine rings is 1. The molecule has 8 bridgehead atoms.